The number of allylic oxidation sites excluding steroid dienone is 1. The van der Waals surface area contributed by atoms with E-state index >= 15 is 0 Å². The van der Waals surface area contributed by atoms with Crippen molar-refractivity contribution in [2.75, 3.05) is 13.2 Å². The lowest BCUT2D eigenvalue weighted by Gasteiger charge is -2.63. The summed E-state index contributed by atoms with van der Waals surface area (Å²) in [7, 11) is 0. The van der Waals surface area contributed by atoms with Gasteiger partial charge < -0.3 is 40.1 Å². The molecular weight excluding hydrogens is 440 g/mol. The Balaban J connectivity index is 1.80. The first kappa shape index (κ1) is 28.0. The van der Waals surface area contributed by atoms with Gasteiger partial charge >= 0.3 is 0 Å². The Kier molecular flexibility index (Phi) is 8.58. The van der Waals surface area contributed by atoms with Crippen LogP contribution in [0.3, 0.4) is 0 Å². The molecule has 0 bridgehead atoms. The molecule has 8 nitrogen and oxygen atoms in total. The predicted octanol–water partition coefficient (Wildman–Crippen LogP) is 1.49. The van der Waals surface area contributed by atoms with E-state index in [4.69, 9.17) is 9.47 Å². The fourth-order valence-electron chi connectivity index (χ4n) is 7.36. The maximum Gasteiger partial charge on any atom is 0.186 e. The van der Waals surface area contributed by atoms with Crippen molar-refractivity contribution in [2.45, 2.75) is 116 Å². The van der Waals surface area contributed by atoms with E-state index in [0.717, 1.165) is 31.3 Å². The summed E-state index contributed by atoms with van der Waals surface area (Å²) in [6.45, 7) is 10.1. The Morgan fingerprint density at radius 2 is 1.68 bits per heavy atom. The Labute approximate surface area is 203 Å². The first-order valence-corrected chi connectivity index (χ1v) is 12.7. The van der Waals surface area contributed by atoms with Crippen LogP contribution in [0.1, 0.15) is 73.1 Å². The molecule has 0 radical (unpaired) electrons. The molecule has 6 N–H and O–H groups in total. The van der Waals surface area contributed by atoms with Gasteiger partial charge in [-0.05, 0) is 75.0 Å². The fraction of sp³-hybridized carbons (Fsp3) is 0.923. The van der Waals surface area contributed by atoms with Crippen LogP contribution in [0.5, 0.6) is 0 Å². The Morgan fingerprint density at radius 1 is 1.00 bits per heavy atom. The van der Waals surface area contributed by atoms with Crippen molar-refractivity contribution in [3.05, 3.63) is 11.6 Å². The summed E-state index contributed by atoms with van der Waals surface area (Å²) in [5, 5.41) is 60.9. The molecule has 1 heterocycles. The largest absolute Gasteiger partial charge is 0.394 e. The molecule has 8 heteroatoms. The van der Waals surface area contributed by atoms with Gasteiger partial charge in [-0.25, -0.2) is 0 Å². The van der Waals surface area contributed by atoms with Crippen LogP contribution in [-0.2, 0) is 9.47 Å². The monoisotopic (exact) mass is 486 g/mol. The second kappa shape index (κ2) is 10.4. The van der Waals surface area contributed by atoms with Crippen molar-refractivity contribution in [1.82, 2.24) is 0 Å². The molecule has 3 aliphatic rings. The summed E-state index contributed by atoms with van der Waals surface area (Å²) in [4.78, 5) is 0. The van der Waals surface area contributed by atoms with E-state index in [1.165, 1.54) is 0 Å². The van der Waals surface area contributed by atoms with Crippen LogP contribution in [0.2, 0.25) is 0 Å². The van der Waals surface area contributed by atoms with Crippen LogP contribution in [0.15, 0.2) is 11.6 Å². The van der Waals surface area contributed by atoms with E-state index in [9.17, 15) is 30.6 Å². The number of rotatable bonds is 7. The highest BCUT2D eigenvalue weighted by molar-refractivity contribution is 5.11. The molecule has 1 saturated heterocycles. The molecule has 3 rings (SSSR count). The van der Waals surface area contributed by atoms with Gasteiger partial charge in [0.25, 0.3) is 0 Å². The molecule has 0 aromatic carbocycles. The second-order valence-corrected chi connectivity index (χ2v) is 12.0. The van der Waals surface area contributed by atoms with Gasteiger partial charge in [-0.15, -0.1) is 0 Å². The first-order chi connectivity index (χ1) is 15.8. The minimum Gasteiger partial charge on any atom is -0.394 e. The van der Waals surface area contributed by atoms with Gasteiger partial charge in [0, 0.05) is 0 Å². The first-order valence-electron chi connectivity index (χ1n) is 12.7. The molecule has 198 valence electrons. The third-order valence-corrected chi connectivity index (χ3v) is 9.37. The average Bonchev–Trinajstić information content (AvgIpc) is 2.75. The van der Waals surface area contributed by atoms with E-state index in [-0.39, 0.29) is 35.4 Å². The van der Waals surface area contributed by atoms with Gasteiger partial charge in [0.05, 0.1) is 24.9 Å². The normalized spacial score (nSPS) is 47.3. The van der Waals surface area contributed by atoms with Crippen LogP contribution >= 0.6 is 0 Å². The summed E-state index contributed by atoms with van der Waals surface area (Å²) in [6, 6.07) is 0. The highest BCUT2D eigenvalue weighted by atomic mass is 16.7. The number of hydrogen-bond acceptors (Lipinski definition) is 8. The highest BCUT2D eigenvalue weighted by Crippen LogP contribution is 2.63. The van der Waals surface area contributed by atoms with Crippen LogP contribution in [0, 0.1) is 22.7 Å². The zero-order valence-electron chi connectivity index (χ0n) is 21.4. The molecule has 0 amide bonds. The number of fused-ring (bicyclic) bond motifs is 1. The summed E-state index contributed by atoms with van der Waals surface area (Å²) < 4.78 is 11.9. The molecule has 3 fully saturated rings. The van der Waals surface area contributed by atoms with E-state index in [1.807, 2.05) is 19.9 Å². The third-order valence-electron chi connectivity index (χ3n) is 9.37. The lowest BCUT2D eigenvalue weighted by atomic mass is 9.44. The molecule has 1 aliphatic heterocycles. The van der Waals surface area contributed by atoms with E-state index in [2.05, 4.69) is 20.8 Å². The maximum atomic E-state index is 11.4. The lowest BCUT2D eigenvalue weighted by Crippen LogP contribution is -2.63. The summed E-state index contributed by atoms with van der Waals surface area (Å²) in [6.07, 6.45) is -0.0937. The van der Waals surface area contributed by atoms with Crippen molar-refractivity contribution in [3.63, 3.8) is 0 Å². The summed E-state index contributed by atoms with van der Waals surface area (Å²) in [5.41, 5.74) is -0.0506. The summed E-state index contributed by atoms with van der Waals surface area (Å²) >= 11 is 0. The van der Waals surface area contributed by atoms with Crippen molar-refractivity contribution in [3.8, 4) is 0 Å². The standard InChI is InChI=1S/C26H46O8/c1-15(10-13-27)6-7-18-25(4)11-9-19(24(2,3)17(25)8-12-26(18,5)32)34-23-22(31)21(30)20(29)16(14-28)33-23/h10,16-23,27-32H,6-9,11-14H2,1-5H3/b15-10+/t16-,17+,18-,19+,20-,21+,22-,23+,25-,26-/m1/s1. The van der Waals surface area contributed by atoms with Crippen molar-refractivity contribution in [2.24, 2.45) is 22.7 Å². The Hall–Kier alpha value is -0.580. The lowest BCUT2D eigenvalue weighted by molar-refractivity contribution is -0.329. The van der Waals surface area contributed by atoms with Crippen LogP contribution in [0.4, 0.5) is 0 Å². The summed E-state index contributed by atoms with van der Waals surface area (Å²) in [5.74, 6) is 0.351. The van der Waals surface area contributed by atoms with Gasteiger partial charge in [0.2, 0.25) is 0 Å². The van der Waals surface area contributed by atoms with Gasteiger partial charge in [-0.1, -0.05) is 32.4 Å². The van der Waals surface area contributed by atoms with Crippen LogP contribution in [-0.4, -0.2) is 86.3 Å². The zero-order valence-corrected chi connectivity index (χ0v) is 21.4. The molecule has 10 atom stereocenters. The minimum absolute atomic E-state index is 0.0246. The topological polar surface area (TPSA) is 140 Å². The molecule has 0 aromatic rings. The molecule has 0 aromatic heterocycles. The van der Waals surface area contributed by atoms with Gasteiger partial charge in [-0.2, -0.15) is 0 Å². The van der Waals surface area contributed by atoms with E-state index in [0.29, 0.717) is 12.8 Å². The Morgan fingerprint density at radius 3 is 2.29 bits per heavy atom. The number of ether oxygens (including phenoxy) is 2. The van der Waals surface area contributed by atoms with Gasteiger partial charge in [0.1, 0.15) is 24.4 Å². The molecule has 34 heavy (non-hydrogen) atoms. The Bertz CT molecular complexity index is 720. The zero-order chi connectivity index (χ0) is 25.5. The average molecular weight is 487 g/mol. The van der Waals surface area contributed by atoms with Gasteiger partial charge in [-0.3, -0.25) is 0 Å². The minimum atomic E-state index is -1.46. The SMILES string of the molecule is C/C(=C\CO)CC[C@@H]1[C@]2(C)CC[C@H](O[C@@H]3O[C@H](CO)[C@@H](O)[C@H](O)[C@H]3O)C(C)(C)[C@@H]2CC[C@@]1(C)O. The molecular formula is C26H46O8. The highest BCUT2D eigenvalue weighted by Gasteiger charge is 2.61. The third kappa shape index (κ3) is 5.11. The number of aliphatic hydroxyl groups is 6. The number of aliphatic hydroxyl groups excluding tert-OH is 5. The van der Waals surface area contributed by atoms with Gasteiger partial charge in [0.15, 0.2) is 6.29 Å². The predicted molar refractivity (Wildman–Crippen MR) is 127 cm³/mol. The molecule has 2 saturated carbocycles. The molecule has 0 unspecified atom stereocenters. The van der Waals surface area contributed by atoms with Crippen molar-refractivity contribution < 1.29 is 40.1 Å². The molecule has 0 spiro atoms. The second-order valence-electron chi connectivity index (χ2n) is 12.0. The maximum absolute atomic E-state index is 11.4. The van der Waals surface area contributed by atoms with Crippen molar-refractivity contribution in [1.29, 1.82) is 0 Å². The van der Waals surface area contributed by atoms with E-state index < -0.39 is 42.9 Å². The smallest absolute Gasteiger partial charge is 0.186 e. The fourth-order valence-corrected chi connectivity index (χ4v) is 7.36. The van der Waals surface area contributed by atoms with Crippen LogP contribution < -0.4 is 0 Å². The van der Waals surface area contributed by atoms with E-state index in [1.54, 1.807) is 0 Å². The quantitative estimate of drug-likeness (QED) is 0.235. The number of hydrogen-bond donors (Lipinski definition) is 6. The van der Waals surface area contributed by atoms with Crippen LogP contribution in [0.25, 0.3) is 0 Å². The molecule has 2 aliphatic carbocycles. The van der Waals surface area contributed by atoms with Crippen molar-refractivity contribution >= 4 is 0 Å².